The normalized spacial score (nSPS) is 20.3. The van der Waals surface area contributed by atoms with Crippen molar-refractivity contribution in [1.82, 2.24) is 19.9 Å². The van der Waals surface area contributed by atoms with Crippen molar-refractivity contribution in [3.63, 3.8) is 0 Å². The van der Waals surface area contributed by atoms with E-state index in [0.717, 1.165) is 24.4 Å². The number of nitrogens with zero attached hydrogens (tertiary/aromatic N) is 4. The van der Waals surface area contributed by atoms with E-state index in [2.05, 4.69) is 32.1 Å². The minimum absolute atomic E-state index is 0.0889. The summed E-state index contributed by atoms with van der Waals surface area (Å²) in [5.41, 5.74) is 1.24. The van der Waals surface area contributed by atoms with Crippen LogP contribution in [0.5, 0.6) is 5.75 Å². The van der Waals surface area contributed by atoms with Crippen molar-refractivity contribution >= 4 is 33.6 Å². The molecule has 0 aliphatic carbocycles. The fourth-order valence-corrected chi connectivity index (χ4v) is 4.19. The maximum atomic E-state index is 11.1. The number of carbonyl (C=O) groups is 1. The molecule has 8 nitrogen and oxygen atoms in total. The van der Waals surface area contributed by atoms with E-state index in [1.807, 2.05) is 12.3 Å². The van der Waals surface area contributed by atoms with Gasteiger partial charge in [0.25, 0.3) is 0 Å². The first-order chi connectivity index (χ1) is 13.0. The second-order valence-corrected chi connectivity index (χ2v) is 7.91. The predicted octanol–water partition coefficient (Wildman–Crippen LogP) is 2.99. The first-order valence-electron chi connectivity index (χ1n) is 8.82. The van der Waals surface area contributed by atoms with Crippen molar-refractivity contribution in [2.24, 2.45) is 0 Å². The first kappa shape index (κ1) is 17.9. The molecule has 4 heterocycles. The van der Waals surface area contributed by atoms with Gasteiger partial charge >= 0.3 is 0 Å². The van der Waals surface area contributed by atoms with Crippen LogP contribution in [0, 0.1) is 6.92 Å². The van der Waals surface area contributed by atoms with Crippen LogP contribution in [-0.4, -0.2) is 44.4 Å². The number of hydrogen-bond donors (Lipinski definition) is 1. The van der Waals surface area contributed by atoms with Gasteiger partial charge in [0.2, 0.25) is 5.91 Å². The summed E-state index contributed by atoms with van der Waals surface area (Å²) < 4.78 is 11.7. The van der Waals surface area contributed by atoms with E-state index in [-0.39, 0.29) is 12.0 Å². The molecule has 3 aromatic heterocycles. The van der Waals surface area contributed by atoms with Crippen molar-refractivity contribution in [2.75, 3.05) is 11.9 Å². The number of nitrogens with one attached hydrogen (secondary N) is 1. The summed E-state index contributed by atoms with van der Waals surface area (Å²) >= 11 is 1.50. The highest BCUT2D eigenvalue weighted by molar-refractivity contribution is 7.15. The summed E-state index contributed by atoms with van der Waals surface area (Å²) in [4.78, 5) is 27.4. The van der Waals surface area contributed by atoms with Crippen LogP contribution < -0.4 is 10.1 Å². The lowest BCUT2D eigenvalue weighted by Crippen LogP contribution is -2.27. The van der Waals surface area contributed by atoms with Crippen LogP contribution in [0.4, 0.5) is 5.13 Å². The molecule has 3 aromatic rings. The van der Waals surface area contributed by atoms with Gasteiger partial charge in [-0.15, -0.1) is 11.3 Å². The lowest BCUT2D eigenvalue weighted by molar-refractivity contribution is -0.114. The standard InChI is InChI=1S/C18H21N5O3S/c1-10-4-14(26-13-5-16-17(19-6-13)22-12(3)25-16)8-23(10)9-15-7-20-18(27-15)21-11(2)24/h5-7,10,14H,4,8-9H2,1-3H3,(H,20,21,24)/t10-,14+/m0/s1. The van der Waals surface area contributed by atoms with Gasteiger partial charge in [0.1, 0.15) is 11.9 Å². The van der Waals surface area contributed by atoms with Crippen LogP contribution in [0.3, 0.4) is 0 Å². The van der Waals surface area contributed by atoms with Crippen molar-refractivity contribution in [3.05, 3.63) is 29.2 Å². The Hall–Kier alpha value is -2.52. The van der Waals surface area contributed by atoms with Crippen LogP contribution >= 0.6 is 11.3 Å². The van der Waals surface area contributed by atoms with E-state index in [1.54, 1.807) is 13.1 Å². The molecule has 142 valence electrons. The average molecular weight is 387 g/mol. The zero-order chi connectivity index (χ0) is 19.0. The SMILES string of the molecule is CC(=O)Nc1ncc(CN2C[C@H](Oc3cnc4nc(C)oc4c3)C[C@@H]2C)s1. The minimum atomic E-state index is -0.105. The van der Waals surface area contributed by atoms with Gasteiger partial charge in [-0.3, -0.25) is 9.69 Å². The summed E-state index contributed by atoms with van der Waals surface area (Å²) in [6.07, 6.45) is 4.54. The zero-order valence-corrected chi connectivity index (χ0v) is 16.2. The van der Waals surface area contributed by atoms with Gasteiger partial charge in [-0.05, 0) is 6.92 Å². The Balaban J connectivity index is 1.38. The maximum absolute atomic E-state index is 11.1. The molecule has 1 aliphatic heterocycles. The lowest BCUT2D eigenvalue weighted by Gasteiger charge is -2.19. The smallest absolute Gasteiger partial charge is 0.223 e. The van der Waals surface area contributed by atoms with Crippen LogP contribution in [0.1, 0.15) is 31.0 Å². The molecule has 2 atom stereocenters. The van der Waals surface area contributed by atoms with Gasteiger partial charge < -0.3 is 14.5 Å². The van der Waals surface area contributed by atoms with E-state index >= 15 is 0 Å². The van der Waals surface area contributed by atoms with Gasteiger partial charge in [-0.2, -0.15) is 4.98 Å². The Bertz CT molecular complexity index is 969. The molecule has 1 amide bonds. The number of rotatable bonds is 5. The number of oxazole rings is 1. The molecular weight excluding hydrogens is 366 g/mol. The number of anilines is 1. The molecule has 1 saturated heterocycles. The largest absolute Gasteiger partial charge is 0.487 e. The number of aromatic nitrogens is 3. The summed E-state index contributed by atoms with van der Waals surface area (Å²) in [5.74, 6) is 1.19. The molecule has 1 aliphatic rings. The van der Waals surface area contributed by atoms with Crippen LogP contribution in [0.2, 0.25) is 0 Å². The van der Waals surface area contributed by atoms with E-state index in [0.29, 0.717) is 34.0 Å². The minimum Gasteiger partial charge on any atom is -0.487 e. The second-order valence-electron chi connectivity index (χ2n) is 6.79. The summed E-state index contributed by atoms with van der Waals surface area (Å²) in [7, 11) is 0. The maximum Gasteiger partial charge on any atom is 0.223 e. The van der Waals surface area contributed by atoms with E-state index in [4.69, 9.17) is 9.15 Å². The lowest BCUT2D eigenvalue weighted by atomic mass is 10.2. The third kappa shape index (κ3) is 4.09. The summed E-state index contributed by atoms with van der Waals surface area (Å²) in [5, 5.41) is 3.36. The predicted molar refractivity (Wildman–Crippen MR) is 102 cm³/mol. The molecule has 0 aromatic carbocycles. The Morgan fingerprint density at radius 1 is 1.44 bits per heavy atom. The molecule has 1 N–H and O–H groups in total. The van der Waals surface area contributed by atoms with Crippen LogP contribution in [0.25, 0.3) is 11.2 Å². The van der Waals surface area contributed by atoms with Gasteiger partial charge in [-0.1, -0.05) is 0 Å². The Morgan fingerprint density at radius 3 is 3.11 bits per heavy atom. The highest BCUT2D eigenvalue weighted by atomic mass is 32.1. The molecule has 27 heavy (non-hydrogen) atoms. The third-order valence-electron chi connectivity index (χ3n) is 4.49. The molecule has 0 bridgehead atoms. The third-order valence-corrected chi connectivity index (χ3v) is 5.39. The monoisotopic (exact) mass is 387 g/mol. The number of amides is 1. The summed E-state index contributed by atoms with van der Waals surface area (Å²) in [6, 6.07) is 2.24. The molecule has 0 spiro atoms. The number of fused-ring (bicyclic) bond motifs is 1. The molecule has 0 radical (unpaired) electrons. The average Bonchev–Trinajstić information content (AvgIpc) is 3.26. The van der Waals surface area contributed by atoms with Gasteiger partial charge in [0.15, 0.2) is 22.3 Å². The zero-order valence-electron chi connectivity index (χ0n) is 15.4. The Labute approximate surface area is 160 Å². The van der Waals surface area contributed by atoms with E-state index in [1.165, 1.54) is 18.3 Å². The number of hydrogen-bond acceptors (Lipinski definition) is 8. The van der Waals surface area contributed by atoms with Crippen LogP contribution in [-0.2, 0) is 11.3 Å². The number of pyridine rings is 1. The van der Waals surface area contributed by atoms with Gasteiger partial charge in [0, 0.05) is 56.5 Å². The molecule has 9 heteroatoms. The van der Waals surface area contributed by atoms with Gasteiger partial charge in [-0.25, -0.2) is 9.97 Å². The first-order valence-corrected chi connectivity index (χ1v) is 9.64. The Morgan fingerprint density at radius 2 is 2.30 bits per heavy atom. The van der Waals surface area contributed by atoms with Crippen LogP contribution in [0.15, 0.2) is 22.9 Å². The van der Waals surface area contributed by atoms with E-state index < -0.39 is 0 Å². The second kappa shape index (κ2) is 7.24. The fraction of sp³-hybridized carbons (Fsp3) is 0.444. The topological polar surface area (TPSA) is 93.4 Å². The van der Waals surface area contributed by atoms with Crippen molar-refractivity contribution in [3.8, 4) is 5.75 Å². The van der Waals surface area contributed by atoms with Crippen molar-refractivity contribution < 1.29 is 13.9 Å². The highest BCUT2D eigenvalue weighted by Crippen LogP contribution is 2.28. The molecule has 4 rings (SSSR count). The van der Waals surface area contributed by atoms with Gasteiger partial charge in [0.05, 0.1) is 6.20 Å². The summed E-state index contributed by atoms with van der Waals surface area (Å²) in [6.45, 7) is 7.09. The van der Waals surface area contributed by atoms with Crippen molar-refractivity contribution in [2.45, 2.75) is 45.9 Å². The van der Waals surface area contributed by atoms with Crippen molar-refractivity contribution in [1.29, 1.82) is 0 Å². The Kier molecular flexibility index (Phi) is 4.79. The number of aryl methyl sites for hydroxylation is 1. The molecule has 0 unspecified atom stereocenters. The molecule has 1 fully saturated rings. The van der Waals surface area contributed by atoms with E-state index in [9.17, 15) is 4.79 Å². The molecular formula is C18H21N5O3S. The number of likely N-dealkylation sites (tertiary alicyclic amines) is 1. The quantitative estimate of drug-likeness (QED) is 0.719. The number of carbonyl (C=O) groups excluding carboxylic acids is 1. The number of thiazole rings is 1. The fourth-order valence-electron chi connectivity index (χ4n) is 3.31. The number of ether oxygens (including phenoxy) is 1. The molecule has 0 saturated carbocycles. The highest BCUT2D eigenvalue weighted by Gasteiger charge is 2.31.